The fourth-order valence-corrected chi connectivity index (χ4v) is 4.39. The number of aromatic nitrogens is 2. The fourth-order valence-electron chi connectivity index (χ4n) is 3.87. The van der Waals surface area contributed by atoms with E-state index in [1.807, 2.05) is 17.9 Å². The molecule has 0 bridgehead atoms. The molecule has 1 aliphatic heterocycles. The second-order valence-corrected chi connectivity index (χ2v) is 9.04. The number of sulfonamides is 1. The summed E-state index contributed by atoms with van der Waals surface area (Å²) >= 11 is 0. The van der Waals surface area contributed by atoms with Crippen molar-refractivity contribution in [3.63, 3.8) is 0 Å². The van der Waals surface area contributed by atoms with E-state index < -0.39 is 10.0 Å². The van der Waals surface area contributed by atoms with Crippen molar-refractivity contribution in [2.24, 2.45) is 13.0 Å². The van der Waals surface area contributed by atoms with Gasteiger partial charge in [0.15, 0.2) is 0 Å². The molecule has 1 fully saturated rings. The highest BCUT2D eigenvalue weighted by atomic mass is 32.2. The summed E-state index contributed by atoms with van der Waals surface area (Å²) in [6, 6.07) is 0.420. The Morgan fingerprint density at radius 3 is 2.80 bits per heavy atom. The van der Waals surface area contributed by atoms with Gasteiger partial charge in [-0.25, -0.2) is 13.1 Å². The molecule has 2 rings (SSSR count). The average molecular weight is 372 g/mol. The molecule has 2 atom stereocenters. The van der Waals surface area contributed by atoms with Gasteiger partial charge in [0.2, 0.25) is 10.0 Å². The molecular weight excluding hydrogens is 338 g/mol. The van der Waals surface area contributed by atoms with Crippen LogP contribution in [0.2, 0.25) is 0 Å². The first-order valence-corrected chi connectivity index (χ1v) is 11.0. The average Bonchev–Trinajstić information content (AvgIpc) is 2.96. The lowest BCUT2D eigenvalue weighted by atomic mass is 9.85. The highest BCUT2D eigenvalue weighted by Crippen LogP contribution is 2.36. The summed E-state index contributed by atoms with van der Waals surface area (Å²) in [4.78, 5) is 4.89. The number of nitrogens with zero attached hydrogens (tertiary/aromatic N) is 4. The maximum atomic E-state index is 11.1. The molecule has 2 heterocycles. The zero-order chi connectivity index (χ0) is 18.4. The summed E-state index contributed by atoms with van der Waals surface area (Å²) in [7, 11) is 1.01. The zero-order valence-electron chi connectivity index (χ0n) is 16.0. The molecule has 0 aromatic carbocycles. The zero-order valence-corrected chi connectivity index (χ0v) is 16.8. The maximum absolute atomic E-state index is 11.1. The van der Waals surface area contributed by atoms with Crippen LogP contribution < -0.4 is 4.72 Å². The SMILES string of the molecule is CCN1CCC[C@@H](CN(C)CCCNS(C)(=O)=O)[C@@H]1c1cnn(C)c1. The molecule has 0 radical (unpaired) electrons. The predicted octanol–water partition coefficient (Wildman–Crippen LogP) is 1.06. The Hall–Kier alpha value is -0.960. The van der Waals surface area contributed by atoms with Crippen molar-refractivity contribution in [3.05, 3.63) is 18.0 Å². The van der Waals surface area contributed by atoms with E-state index in [0.29, 0.717) is 18.5 Å². The van der Waals surface area contributed by atoms with Crippen LogP contribution in [0.15, 0.2) is 12.4 Å². The van der Waals surface area contributed by atoms with Crippen LogP contribution in [-0.4, -0.2) is 74.0 Å². The molecule has 0 unspecified atom stereocenters. The summed E-state index contributed by atoms with van der Waals surface area (Å²) in [5, 5.41) is 4.37. The molecule has 1 N–H and O–H groups in total. The molecule has 8 heteroatoms. The molecule has 0 aliphatic carbocycles. The molecule has 1 aromatic rings. The fraction of sp³-hybridized carbons (Fsp3) is 0.824. The van der Waals surface area contributed by atoms with E-state index in [0.717, 1.165) is 32.6 Å². The standard InChI is InChI=1S/C17H33N5O2S/c1-5-22-11-6-8-15(17(22)16-12-18-21(3)14-16)13-20(2)10-7-9-19-25(4,23)24/h12,14-15,17,19H,5-11,13H2,1-4H3/t15-,17+/m0/s1. The Kier molecular flexibility index (Phi) is 7.42. The molecule has 1 saturated heterocycles. The molecular formula is C17H33N5O2S. The van der Waals surface area contributed by atoms with Crippen LogP contribution in [0.1, 0.15) is 37.8 Å². The van der Waals surface area contributed by atoms with Gasteiger partial charge in [0.1, 0.15) is 0 Å². The van der Waals surface area contributed by atoms with Gasteiger partial charge in [-0.05, 0) is 51.9 Å². The van der Waals surface area contributed by atoms with Crippen LogP contribution in [0.4, 0.5) is 0 Å². The Morgan fingerprint density at radius 1 is 1.44 bits per heavy atom. The van der Waals surface area contributed by atoms with Crippen molar-refractivity contribution in [2.45, 2.75) is 32.2 Å². The van der Waals surface area contributed by atoms with Gasteiger partial charge >= 0.3 is 0 Å². The largest absolute Gasteiger partial charge is 0.306 e. The number of nitrogens with one attached hydrogen (secondary N) is 1. The van der Waals surface area contributed by atoms with Gasteiger partial charge < -0.3 is 4.90 Å². The van der Waals surface area contributed by atoms with E-state index in [9.17, 15) is 8.42 Å². The molecule has 1 aliphatic rings. The molecule has 0 amide bonds. The summed E-state index contributed by atoms with van der Waals surface area (Å²) in [5.41, 5.74) is 1.31. The first kappa shape index (κ1) is 20.4. The summed E-state index contributed by atoms with van der Waals surface area (Å²) in [6.45, 7) is 6.85. The van der Waals surface area contributed by atoms with E-state index in [1.165, 1.54) is 24.7 Å². The summed E-state index contributed by atoms with van der Waals surface area (Å²) in [5.74, 6) is 0.575. The number of likely N-dealkylation sites (tertiary alicyclic amines) is 1. The van der Waals surface area contributed by atoms with Gasteiger partial charge in [0, 0.05) is 37.9 Å². The quantitative estimate of drug-likeness (QED) is 0.658. The normalized spacial score (nSPS) is 22.6. The van der Waals surface area contributed by atoms with Crippen LogP contribution in [0.3, 0.4) is 0 Å². The summed E-state index contributed by atoms with van der Waals surface area (Å²) in [6.07, 6.45) is 8.63. The number of hydrogen-bond acceptors (Lipinski definition) is 5. The van der Waals surface area contributed by atoms with E-state index in [4.69, 9.17) is 0 Å². The number of hydrogen-bond donors (Lipinski definition) is 1. The Bertz CT molecular complexity index is 631. The van der Waals surface area contributed by atoms with E-state index >= 15 is 0 Å². The van der Waals surface area contributed by atoms with E-state index in [-0.39, 0.29) is 0 Å². The third kappa shape index (κ3) is 6.36. The highest BCUT2D eigenvalue weighted by molar-refractivity contribution is 7.88. The van der Waals surface area contributed by atoms with Gasteiger partial charge in [-0.2, -0.15) is 5.10 Å². The topological polar surface area (TPSA) is 70.5 Å². The molecule has 1 aromatic heterocycles. The Balaban J connectivity index is 1.93. The minimum absolute atomic E-state index is 0.420. The lowest BCUT2D eigenvalue weighted by Crippen LogP contribution is -2.43. The lowest BCUT2D eigenvalue weighted by molar-refractivity contribution is 0.0762. The number of rotatable bonds is 9. The Labute approximate surface area is 152 Å². The van der Waals surface area contributed by atoms with E-state index in [1.54, 1.807) is 0 Å². The third-order valence-electron chi connectivity index (χ3n) is 4.96. The minimum Gasteiger partial charge on any atom is -0.306 e. The monoisotopic (exact) mass is 371 g/mol. The highest BCUT2D eigenvalue weighted by Gasteiger charge is 2.33. The van der Waals surface area contributed by atoms with Crippen molar-refractivity contribution < 1.29 is 8.42 Å². The van der Waals surface area contributed by atoms with Gasteiger partial charge in [-0.15, -0.1) is 0 Å². The summed E-state index contributed by atoms with van der Waals surface area (Å²) < 4.78 is 26.7. The Morgan fingerprint density at radius 2 is 2.20 bits per heavy atom. The lowest BCUT2D eigenvalue weighted by Gasteiger charge is -2.42. The van der Waals surface area contributed by atoms with Crippen molar-refractivity contribution in [3.8, 4) is 0 Å². The van der Waals surface area contributed by atoms with Crippen molar-refractivity contribution >= 4 is 10.0 Å². The van der Waals surface area contributed by atoms with Crippen LogP contribution in [0.25, 0.3) is 0 Å². The molecule has 7 nitrogen and oxygen atoms in total. The van der Waals surface area contributed by atoms with Crippen LogP contribution >= 0.6 is 0 Å². The van der Waals surface area contributed by atoms with Gasteiger partial charge in [0.05, 0.1) is 12.5 Å². The van der Waals surface area contributed by atoms with Crippen LogP contribution in [0.5, 0.6) is 0 Å². The van der Waals surface area contributed by atoms with Crippen molar-refractivity contribution in [1.29, 1.82) is 0 Å². The third-order valence-corrected chi connectivity index (χ3v) is 5.69. The second-order valence-electron chi connectivity index (χ2n) is 7.21. The number of aryl methyl sites for hydroxylation is 1. The maximum Gasteiger partial charge on any atom is 0.208 e. The van der Waals surface area contributed by atoms with Crippen molar-refractivity contribution in [1.82, 2.24) is 24.3 Å². The van der Waals surface area contributed by atoms with Gasteiger partial charge in [-0.1, -0.05) is 6.92 Å². The minimum atomic E-state index is -3.09. The van der Waals surface area contributed by atoms with Gasteiger partial charge in [0.25, 0.3) is 0 Å². The molecule has 0 spiro atoms. The molecule has 144 valence electrons. The smallest absolute Gasteiger partial charge is 0.208 e. The molecule has 0 saturated carbocycles. The van der Waals surface area contributed by atoms with Crippen molar-refractivity contribution in [2.75, 3.05) is 46.0 Å². The van der Waals surface area contributed by atoms with E-state index in [2.05, 4.69) is 39.8 Å². The second kappa shape index (κ2) is 9.12. The van der Waals surface area contributed by atoms with Crippen LogP contribution in [-0.2, 0) is 17.1 Å². The first-order chi connectivity index (χ1) is 11.8. The van der Waals surface area contributed by atoms with Gasteiger partial charge in [-0.3, -0.25) is 9.58 Å². The van der Waals surface area contributed by atoms with Crippen LogP contribution in [0, 0.1) is 5.92 Å². The molecule has 25 heavy (non-hydrogen) atoms. The predicted molar refractivity (Wildman–Crippen MR) is 101 cm³/mol. The first-order valence-electron chi connectivity index (χ1n) is 9.16. The number of piperidine rings is 1.